The van der Waals surface area contributed by atoms with Gasteiger partial charge in [0.2, 0.25) is 5.60 Å². The molecule has 12 nitrogen and oxygen atoms in total. The van der Waals surface area contributed by atoms with Crippen LogP contribution in [0.15, 0.2) is 18.5 Å². The molecule has 0 aromatic carbocycles. The van der Waals surface area contributed by atoms with Crippen LogP contribution in [-0.2, 0) is 38.9 Å². The van der Waals surface area contributed by atoms with Crippen molar-refractivity contribution in [2.24, 2.45) is 17.8 Å². The smallest absolute Gasteiger partial charge is 0.308 e. The van der Waals surface area contributed by atoms with E-state index >= 15 is 0 Å². The van der Waals surface area contributed by atoms with Gasteiger partial charge in [-0.1, -0.05) is 41.5 Å². The van der Waals surface area contributed by atoms with E-state index in [9.17, 15) is 19.6 Å². The third-order valence-corrected chi connectivity index (χ3v) is 5.73. The lowest BCUT2D eigenvalue weighted by molar-refractivity contribution is -0.174. The average molecular weight is 502 g/mol. The van der Waals surface area contributed by atoms with Gasteiger partial charge in [0.25, 0.3) is 0 Å². The van der Waals surface area contributed by atoms with Crippen molar-refractivity contribution in [3.05, 3.63) is 24.2 Å². The quantitative estimate of drug-likeness (QED) is 0.413. The van der Waals surface area contributed by atoms with E-state index in [1.54, 1.807) is 53.7 Å². The number of esters is 3. The van der Waals surface area contributed by atoms with Gasteiger partial charge in [-0.05, 0) is 12.1 Å². The van der Waals surface area contributed by atoms with Crippen LogP contribution in [0.5, 0.6) is 0 Å². The van der Waals surface area contributed by atoms with Gasteiger partial charge in [-0.2, -0.15) is 10.4 Å². The number of rotatable bonds is 8. The maximum atomic E-state index is 12.8. The third-order valence-electron chi connectivity index (χ3n) is 5.73. The van der Waals surface area contributed by atoms with Gasteiger partial charge < -0.3 is 24.7 Å². The van der Waals surface area contributed by atoms with Crippen molar-refractivity contribution >= 4 is 29.2 Å². The van der Waals surface area contributed by atoms with Gasteiger partial charge in [0.1, 0.15) is 30.6 Å². The number of carbonyl (C=O) groups excluding carboxylic acids is 3. The van der Waals surface area contributed by atoms with Crippen molar-refractivity contribution in [1.29, 1.82) is 5.26 Å². The van der Waals surface area contributed by atoms with Crippen LogP contribution in [-0.4, -0.2) is 57.4 Å². The molecule has 0 aliphatic carbocycles. The average Bonchev–Trinajstić information content (AvgIpc) is 3.38. The maximum absolute atomic E-state index is 12.8. The van der Waals surface area contributed by atoms with Crippen molar-refractivity contribution in [2.45, 2.75) is 65.5 Å². The molecule has 1 aliphatic heterocycles. The molecule has 0 amide bonds. The SMILES string of the molecule is CC(C)C(=O)OC[C@H]1O[C@](C#N)(c2ccc3c(N)ncnn23)[C@H](OC(=O)C(C)C)[C@@H]1OC(=O)C(C)C. The van der Waals surface area contributed by atoms with Gasteiger partial charge in [-0.3, -0.25) is 14.4 Å². The van der Waals surface area contributed by atoms with Gasteiger partial charge in [0.15, 0.2) is 18.0 Å². The van der Waals surface area contributed by atoms with Crippen LogP contribution in [0.4, 0.5) is 5.82 Å². The van der Waals surface area contributed by atoms with Crippen LogP contribution < -0.4 is 5.73 Å². The zero-order chi connectivity index (χ0) is 26.8. The zero-order valence-corrected chi connectivity index (χ0v) is 21.1. The Morgan fingerprint density at radius 1 is 1.08 bits per heavy atom. The molecule has 0 bridgehead atoms. The second kappa shape index (κ2) is 10.5. The number of fused-ring (bicyclic) bond motifs is 1. The molecule has 3 heterocycles. The van der Waals surface area contributed by atoms with E-state index < -0.39 is 59.6 Å². The topological polar surface area (TPSA) is 168 Å². The summed E-state index contributed by atoms with van der Waals surface area (Å²) in [6, 6.07) is 5.24. The van der Waals surface area contributed by atoms with E-state index in [4.69, 9.17) is 24.7 Å². The molecule has 36 heavy (non-hydrogen) atoms. The molecular weight excluding hydrogens is 470 g/mol. The van der Waals surface area contributed by atoms with Crippen molar-refractivity contribution in [3.63, 3.8) is 0 Å². The highest BCUT2D eigenvalue weighted by atomic mass is 16.7. The summed E-state index contributed by atoms with van der Waals surface area (Å²) in [5, 5.41) is 14.7. The molecular formula is C24H31N5O7. The van der Waals surface area contributed by atoms with Crippen molar-refractivity contribution < 1.29 is 33.3 Å². The number of aromatic nitrogens is 3. The molecule has 12 heteroatoms. The molecule has 2 aromatic rings. The summed E-state index contributed by atoms with van der Waals surface area (Å²) in [6.07, 6.45) is -2.58. The molecule has 3 rings (SSSR count). The first kappa shape index (κ1) is 26.9. The first-order valence-electron chi connectivity index (χ1n) is 11.7. The molecule has 1 saturated heterocycles. The monoisotopic (exact) mass is 501 g/mol. The van der Waals surface area contributed by atoms with E-state index in [0.717, 1.165) is 0 Å². The second-order valence-corrected chi connectivity index (χ2v) is 9.52. The fraction of sp³-hybridized carbons (Fsp3) is 0.583. The fourth-order valence-corrected chi connectivity index (χ4v) is 3.67. The lowest BCUT2D eigenvalue weighted by atomic mass is 9.91. The minimum absolute atomic E-state index is 0.156. The highest BCUT2D eigenvalue weighted by Gasteiger charge is 2.63. The first-order valence-corrected chi connectivity index (χ1v) is 11.7. The van der Waals surface area contributed by atoms with Crippen molar-refractivity contribution in [2.75, 3.05) is 12.3 Å². The summed E-state index contributed by atoms with van der Waals surface area (Å²) in [5.41, 5.74) is 4.56. The van der Waals surface area contributed by atoms with Crippen LogP contribution in [0, 0.1) is 29.1 Å². The number of anilines is 1. The number of ether oxygens (including phenoxy) is 4. The fourth-order valence-electron chi connectivity index (χ4n) is 3.67. The summed E-state index contributed by atoms with van der Waals surface area (Å²) < 4.78 is 24.4. The van der Waals surface area contributed by atoms with E-state index in [-0.39, 0.29) is 18.1 Å². The lowest BCUT2D eigenvalue weighted by Gasteiger charge is -2.29. The first-order chi connectivity index (χ1) is 16.9. The Morgan fingerprint density at radius 2 is 1.69 bits per heavy atom. The number of nitrogens with two attached hydrogens (primary N) is 1. The summed E-state index contributed by atoms with van der Waals surface area (Å²) in [6.45, 7) is 9.52. The Morgan fingerprint density at radius 3 is 2.28 bits per heavy atom. The van der Waals surface area contributed by atoms with E-state index in [1.165, 1.54) is 10.8 Å². The normalized spacial score (nSPS) is 23.7. The number of nitriles is 1. The predicted octanol–water partition coefficient (Wildman–Crippen LogP) is 1.76. The molecule has 4 atom stereocenters. The standard InChI is InChI=1S/C24H31N5O7/c1-12(2)21(30)33-9-16-18(34-22(31)13(3)4)19(35-23(32)14(5)6)24(10-25,36-16)17-8-7-15-20(26)27-11-28-29(15)17/h7-8,11-14,16,18-19H,9H2,1-6H3,(H2,26,27,28)/t16-,18-,19-,24-/m1/s1. The van der Waals surface area contributed by atoms with Crippen LogP contribution in [0.3, 0.4) is 0 Å². The molecule has 0 radical (unpaired) electrons. The second-order valence-electron chi connectivity index (χ2n) is 9.52. The largest absolute Gasteiger partial charge is 0.463 e. The van der Waals surface area contributed by atoms with Gasteiger partial charge in [-0.25, -0.2) is 9.50 Å². The Hall–Kier alpha value is -3.72. The predicted molar refractivity (Wildman–Crippen MR) is 125 cm³/mol. The van der Waals surface area contributed by atoms with Gasteiger partial charge in [0, 0.05) is 0 Å². The number of nitrogens with zero attached hydrogens (tertiary/aromatic N) is 4. The van der Waals surface area contributed by atoms with Crippen molar-refractivity contribution in [3.8, 4) is 6.07 Å². The van der Waals surface area contributed by atoms with E-state index in [1.807, 2.05) is 0 Å². The molecule has 1 aliphatic rings. The van der Waals surface area contributed by atoms with Gasteiger partial charge in [-0.15, -0.1) is 0 Å². The zero-order valence-electron chi connectivity index (χ0n) is 21.1. The minimum atomic E-state index is -1.98. The highest BCUT2D eigenvalue weighted by Crippen LogP contribution is 2.44. The van der Waals surface area contributed by atoms with Crippen LogP contribution >= 0.6 is 0 Å². The Balaban J connectivity index is 2.16. The maximum Gasteiger partial charge on any atom is 0.308 e. The Labute approximate surface area is 208 Å². The summed E-state index contributed by atoms with van der Waals surface area (Å²) in [5.74, 6) is -3.09. The molecule has 194 valence electrons. The number of carbonyl (C=O) groups is 3. The summed E-state index contributed by atoms with van der Waals surface area (Å²) in [4.78, 5) is 41.5. The molecule has 2 N–H and O–H groups in total. The van der Waals surface area contributed by atoms with Crippen LogP contribution in [0.1, 0.15) is 47.2 Å². The molecule has 0 unspecified atom stereocenters. The molecule has 0 saturated carbocycles. The van der Waals surface area contributed by atoms with E-state index in [2.05, 4.69) is 16.2 Å². The molecule has 1 fully saturated rings. The summed E-state index contributed by atoms with van der Waals surface area (Å²) >= 11 is 0. The summed E-state index contributed by atoms with van der Waals surface area (Å²) in [7, 11) is 0. The van der Waals surface area contributed by atoms with Gasteiger partial charge >= 0.3 is 17.9 Å². The van der Waals surface area contributed by atoms with Crippen LogP contribution in [0.2, 0.25) is 0 Å². The third kappa shape index (κ3) is 4.97. The minimum Gasteiger partial charge on any atom is -0.463 e. The van der Waals surface area contributed by atoms with Crippen molar-refractivity contribution in [1.82, 2.24) is 14.6 Å². The molecule has 0 spiro atoms. The lowest BCUT2D eigenvalue weighted by Crippen LogP contribution is -2.47. The number of hydrogen-bond donors (Lipinski definition) is 1. The van der Waals surface area contributed by atoms with E-state index in [0.29, 0.717) is 5.52 Å². The Bertz CT molecular complexity index is 1190. The van der Waals surface area contributed by atoms with Gasteiger partial charge in [0.05, 0.1) is 23.4 Å². The Kier molecular flexibility index (Phi) is 7.83. The molecule has 2 aromatic heterocycles. The van der Waals surface area contributed by atoms with Crippen LogP contribution in [0.25, 0.3) is 5.52 Å². The number of hydrogen-bond acceptors (Lipinski definition) is 11. The highest BCUT2D eigenvalue weighted by molar-refractivity contribution is 5.74. The number of nitrogen functional groups attached to an aromatic ring is 1.